The maximum atomic E-state index is 12.6. The molecule has 1 aromatic heterocycles. The third-order valence-corrected chi connectivity index (χ3v) is 5.77. The fourth-order valence-electron chi connectivity index (χ4n) is 3.02. The number of nitrogens with zero attached hydrogens (tertiary/aromatic N) is 1. The van der Waals surface area contributed by atoms with Crippen LogP contribution in [-0.2, 0) is 4.79 Å². The minimum absolute atomic E-state index is 0.0578. The molecule has 2 heterocycles. The summed E-state index contributed by atoms with van der Waals surface area (Å²) in [6.07, 6.45) is 2.20. The Morgan fingerprint density at radius 3 is 2.96 bits per heavy atom. The van der Waals surface area contributed by atoms with Gasteiger partial charge in [0.25, 0.3) is 0 Å². The van der Waals surface area contributed by atoms with Gasteiger partial charge in [-0.05, 0) is 56.0 Å². The number of halogens is 2. The molecule has 1 aliphatic heterocycles. The van der Waals surface area contributed by atoms with Crippen molar-refractivity contribution < 1.29 is 4.79 Å². The van der Waals surface area contributed by atoms with Crippen molar-refractivity contribution in [2.45, 2.75) is 31.8 Å². The van der Waals surface area contributed by atoms with E-state index in [2.05, 4.69) is 27.7 Å². The molecular weight excluding hydrogens is 351 g/mol. The van der Waals surface area contributed by atoms with E-state index in [0.717, 1.165) is 19.4 Å². The summed E-state index contributed by atoms with van der Waals surface area (Å²) in [5.74, 6) is -0.0578. The van der Waals surface area contributed by atoms with Gasteiger partial charge in [-0.15, -0.1) is 11.3 Å². The van der Waals surface area contributed by atoms with E-state index in [9.17, 15) is 4.79 Å². The second-order valence-electron chi connectivity index (χ2n) is 5.70. The van der Waals surface area contributed by atoms with Gasteiger partial charge < -0.3 is 5.32 Å². The first-order chi connectivity index (χ1) is 11.1. The Hall–Kier alpha value is -1.07. The van der Waals surface area contributed by atoms with Crippen LogP contribution in [0.3, 0.4) is 0 Å². The zero-order valence-electron chi connectivity index (χ0n) is 12.8. The smallest absolute Gasteiger partial charge is 0.241 e. The Labute approximate surface area is 150 Å². The van der Waals surface area contributed by atoms with Gasteiger partial charge in [-0.25, -0.2) is 0 Å². The highest BCUT2D eigenvalue weighted by atomic mass is 35.5. The van der Waals surface area contributed by atoms with Crippen molar-refractivity contribution in [2.24, 2.45) is 0 Å². The number of hydrogen-bond acceptors (Lipinski definition) is 3. The summed E-state index contributed by atoms with van der Waals surface area (Å²) in [4.78, 5) is 16.2. The van der Waals surface area contributed by atoms with Gasteiger partial charge in [0.2, 0.25) is 5.91 Å². The summed E-state index contributed by atoms with van der Waals surface area (Å²) in [6, 6.07) is 9.38. The normalized spacial score (nSPS) is 19.7. The number of amides is 1. The van der Waals surface area contributed by atoms with E-state index in [0.29, 0.717) is 21.8 Å². The van der Waals surface area contributed by atoms with E-state index >= 15 is 0 Å². The van der Waals surface area contributed by atoms with Gasteiger partial charge in [0, 0.05) is 15.9 Å². The van der Waals surface area contributed by atoms with Crippen molar-refractivity contribution >= 4 is 46.1 Å². The molecule has 0 radical (unpaired) electrons. The first kappa shape index (κ1) is 16.8. The predicted molar refractivity (Wildman–Crippen MR) is 97.6 cm³/mol. The molecule has 0 bridgehead atoms. The maximum Gasteiger partial charge on any atom is 0.241 e. The van der Waals surface area contributed by atoms with Crippen LogP contribution < -0.4 is 5.32 Å². The largest absolute Gasteiger partial charge is 0.323 e. The van der Waals surface area contributed by atoms with Crippen molar-refractivity contribution in [2.75, 3.05) is 11.9 Å². The van der Waals surface area contributed by atoms with Gasteiger partial charge in [0.1, 0.15) is 0 Å². The molecule has 1 fully saturated rings. The maximum absolute atomic E-state index is 12.6. The Balaban J connectivity index is 1.73. The lowest BCUT2D eigenvalue weighted by Gasteiger charge is -2.29. The van der Waals surface area contributed by atoms with Crippen molar-refractivity contribution in [3.8, 4) is 0 Å². The first-order valence-corrected chi connectivity index (χ1v) is 9.25. The van der Waals surface area contributed by atoms with Crippen LogP contribution in [-0.4, -0.2) is 23.4 Å². The molecule has 0 spiro atoms. The van der Waals surface area contributed by atoms with Crippen molar-refractivity contribution in [1.29, 1.82) is 0 Å². The summed E-state index contributed by atoms with van der Waals surface area (Å²) in [5, 5.41) is 6.03. The van der Waals surface area contributed by atoms with Gasteiger partial charge in [0.15, 0.2) is 0 Å². The van der Waals surface area contributed by atoms with Gasteiger partial charge in [-0.3, -0.25) is 9.69 Å². The molecule has 3 nitrogen and oxygen atoms in total. The standard InChI is InChI=1S/C17H18Cl2N2OS/c1-11(17(22)20-14-10-12(18)6-7-13(14)19)21-8-2-4-15(21)16-5-3-9-23-16/h3,5-7,9-11,15H,2,4,8H2,1H3,(H,20,22)/t11-,15+/m0/s1. The van der Waals surface area contributed by atoms with Gasteiger partial charge >= 0.3 is 0 Å². The first-order valence-electron chi connectivity index (χ1n) is 7.61. The van der Waals surface area contributed by atoms with Crippen molar-refractivity contribution in [3.63, 3.8) is 0 Å². The number of rotatable bonds is 4. The van der Waals surface area contributed by atoms with Crippen LogP contribution in [0.2, 0.25) is 10.0 Å². The molecule has 3 rings (SSSR count). The number of anilines is 1. The van der Waals surface area contributed by atoms with E-state index < -0.39 is 0 Å². The van der Waals surface area contributed by atoms with Crippen LogP contribution in [0, 0.1) is 0 Å². The predicted octanol–water partition coefficient (Wildman–Crippen LogP) is 5.22. The Kier molecular flexibility index (Phi) is 5.27. The van der Waals surface area contributed by atoms with Gasteiger partial charge in [-0.2, -0.15) is 0 Å². The molecule has 1 amide bonds. The van der Waals surface area contributed by atoms with Crippen molar-refractivity contribution in [3.05, 3.63) is 50.6 Å². The number of likely N-dealkylation sites (tertiary alicyclic amines) is 1. The average Bonchev–Trinajstić information content (AvgIpc) is 3.20. The van der Waals surface area contributed by atoms with Gasteiger partial charge in [-0.1, -0.05) is 29.3 Å². The lowest BCUT2D eigenvalue weighted by molar-refractivity contribution is -0.121. The topological polar surface area (TPSA) is 32.3 Å². The summed E-state index contributed by atoms with van der Waals surface area (Å²) in [6.45, 7) is 2.88. The third-order valence-electron chi connectivity index (χ3n) is 4.23. The third kappa shape index (κ3) is 3.72. The number of carbonyl (C=O) groups excluding carboxylic acids is 1. The monoisotopic (exact) mass is 368 g/mol. The van der Waals surface area contributed by atoms with E-state index in [1.165, 1.54) is 4.88 Å². The van der Waals surface area contributed by atoms with Crippen LogP contribution >= 0.6 is 34.5 Å². The molecule has 23 heavy (non-hydrogen) atoms. The van der Waals surface area contributed by atoms with E-state index in [1.54, 1.807) is 29.5 Å². The second-order valence-corrected chi connectivity index (χ2v) is 7.52. The van der Waals surface area contributed by atoms with Crippen LogP contribution in [0.1, 0.15) is 30.7 Å². The van der Waals surface area contributed by atoms with Crippen LogP contribution in [0.15, 0.2) is 35.7 Å². The minimum Gasteiger partial charge on any atom is -0.323 e. The Bertz CT molecular complexity index is 690. The number of nitrogens with one attached hydrogen (secondary N) is 1. The zero-order valence-corrected chi connectivity index (χ0v) is 15.1. The van der Waals surface area contributed by atoms with Crippen LogP contribution in [0.5, 0.6) is 0 Å². The fourth-order valence-corrected chi connectivity index (χ4v) is 4.24. The SMILES string of the molecule is C[C@@H](C(=O)Nc1cc(Cl)ccc1Cl)N1CCC[C@@H]1c1cccs1. The molecule has 122 valence electrons. The molecule has 2 atom stereocenters. The highest BCUT2D eigenvalue weighted by Gasteiger charge is 2.33. The molecule has 0 aliphatic carbocycles. The van der Waals surface area contributed by atoms with Crippen LogP contribution in [0.4, 0.5) is 5.69 Å². The number of benzene rings is 1. The van der Waals surface area contributed by atoms with Gasteiger partial charge in [0.05, 0.1) is 16.8 Å². The number of carbonyl (C=O) groups is 1. The zero-order chi connectivity index (χ0) is 16.4. The summed E-state index contributed by atoms with van der Waals surface area (Å²) in [5.41, 5.74) is 0.558. The van der Waals surface area contributed by atoms with E-state index in [4.69, 9.17) is 23.2 Å². The van der Waals surface area contributed by atoms with E-state index in [-0.39, 0.29) is 11.9 Å². The lowest BCUT2D eigenvalue weighted by Crippen LogP contribution is -2.41. The lowest BCUT2D eigenvalue weighted by atomic mass is 10.1. The van der Waals surface area contributed by atoms with E-state index in [1.807, 2.05) is 6.92 Å². The molecule has 6 heteroatoms. The number of thiophene rings is 1. The summed E-state index contributed by atoms with van der Waals surface area (Å²) < 4.78 is 0. The Morgan fingerprint density at radius 2 is 2.22 bits per heavy atom. The second kappa shape index (κ2) is 7.22. The quantitative estimate of drug-likeness (QED) is 0.802. The molecule has 0 unspecified atom stereocenters. The fraction of sp³-hybridized carbons (Fsp3) is 0.353. The van der Waals surface area contributed by atoms with Crippen molar-refractivity contribution in [1.82, 2.24) is 4.90 Å². The number of hydrogen-bond donors (Lipinski definition) is 1. The Morgan fingerprint density at radius 1 is 1.39 bits per heavy atom. The molecule has 1 saturated heterocycles. The molecule has 1 aliphatic rings. The molecule has 1 N–H and O–H groups in total. The highest BCUT2D eigenvalue weighted by Crippen LogP contribution is 2.36. The molecule has 1 aromatic carbocycles. The summed E-state index contributed by atoms with van der Waals surface area (Å²) >= 11 is 13.9. The molecule has 2 aromatic rings. The highest BCUT2D eigenvalue weighted by molar-refractivity contribution is 7.10. The van der Waals surface area contributed by atoms with Crippen LogP contribution in [0.25, 0.3) is 0 Å². The molecule has 0 saturated carbocycles. The molecular formula is C17H18Cl2N2OS. The minimum atomic E-state index is -0.223. The average molecular weight is 369 g/mol. The summed E-state index contributed by atoms with van der Waals surface area (Å²) in [7, 11) is 0.